The molecule has 106 valence electrons. The van der Waals surface area contributed by atoms with Crippen molar-refractivity contribution in [2.24, 2.45) is 0 Å². The highest BCUT2D eigenvalue weighted by Gasteiger charge is 2.46. The van der Waals surface area contributed by atoms with Crippen molar-refractivity contribution in [1.29, 1.82) is 0 Å². The molecule has 0 fully saturated rings. The largest absolute Gasteiger partial charge is 0.399 e. The van der Waals surface area contributed by atoms with Crippen LogP contribution in [0.1, 0.15) is 48.8 Å². The first-order valence-corrected chi connectivity index (χ1v) is 7.65. The van der Waals surface area contributed by atoms with Crippen LogP contribution in [-0.2, 0) is 22.4 Å². The van der Waals surface area contributed by atoms with Crippen molar-refractivity contribution in [3.63, 3.8) is 0 Å². The molecule has 3 rings (SSSR count). The average Bonchev–Trinajstić information content (AvgIpc) is 2.82. The van der Waals surface area contributed by atoms with Crippen LogP contribution in [0.5, 0.6) is 0 Å². The minimum absolute atomic E-state index is 0.240. The minimum Gasteiger partial charge on any atom is -0.399 e. The summed E-state index contributed by atoms with van der Waals surface area (Å²) in [7, 11) is 0. The number of fused-ring (bicyclic) bond motifs is 1. The molecule has 0 spiro atoms. The van der Waals surface area contributed by atoms with Gasteiger partial charge in [-0.15, -0.1) is 11.3 Å². The third kappa shape index (κ3) is 2.23. The second-order valence-corrected chi connectivity index (χ2v) is 7.41. The van der Waals surface area contributed by atoms with E-state index in [1.807, 2.05) is 12.1 Å². The number of hydrogen-bond donors (Lipinski definition) is 1. The molecule has 2 heterocycles. The highest BCUT2D eigenvalue weighted by Crippen LogP contribution is 2.49. The van der Waals surface area contributed by atoms with Crippen LogP contribution in [0, 0.1) is 0 Å². The summed E-state index contributed by atoms with van der Waals surface area (Å²) in [6.45, 7) is 8.41. The highest BCUT2D eigenvalue weighted by atomic mass is 32.1. The quantitative estimate of drug-likeness (QED) is 0.855. The first kappa shape index (κ1) is 13.6. The third-order valence-corrected chi connectivity index (χ3v) is 4.99. The van der Waals surface area contributed by atoms with Gasteiger partial charge in [0.1, 0.15) is 5.60 Å². The number of benzene rings is 1. The topological polar surface area (TPSA) is 48.1 Å². The van der Waals surface area contributed by atoms with Crippen LogP contribution < -0.4 is 5.73 Å². The maximum atomic E-state index is 6.10. The van der Waals surface area contributed by atoms with Crippen LogP contribution in [0.15, 0.2) is 24.3 Å². The fourth-order valence-corrected chi connectivity index (χ4v) is 4.09. The van der Waals surface area contributed by atoms with E-state index in [4.69, 9.17) is 15.5 Å². The second kappa shape index (κ2) is 4.30. The smallest absolute Gasteiger partial charge is 0.107 e. The molecular formula is C16H20N2OS. The monoisotopic (exact) mass is 288 g/mol. The normalized spacial score (nSPS) is 19.0. The number of aromatic nitrogens is 1. The molecule has 0 aliphatic carbocycles. The van der Waals surface area contributed by atoms with Crippen LogP contribution in [0.4, 0.5) is 5.69 Å². The number of rotatable bonds is 2. The minimum atomic E-state index is -0.297. The third-order valence-electron chi connectivity index (χ3n) is 3.63. The zero-order chi connectivity index (χ0) is 14.5. The van der Waals surface area contributed by atoms with Crippen LogP contribution in [0.25, 0.3) is 0 Å². The van der Waals surface area contributed by atoms with Crippen molar-refractivity contribution >= 4 is 17.0 Å². The predicted molar refractivity (Wildman–Crippen MR) is 82.9 cm³/mol. The van der Waals surface area contributed by atoms with E-state index in [2.05, 4.69) is 39.8 Å². The van der Waals surface area contributed by atoms with Crippen molar-refractivity contribution in [2.45, 2.75) is 45.3 Å². The molecule has 2 N–H and O–H groups in total. The molecule has 3 nitrogen and oxygen atoms in total. The van der Waals surface area contributed by atoms with Gasteiger partial charge in [0, 0.05) is 12.1 Å². The van der Waals surface area contributed by atoms with E-state index in [0.717, 1.165) is 22.8 Å². The Morgan fingerprint density at radius 2 is 1.75 bits per heavy atom. The van der Waals surface area contributed by atoms with Crippen LogP contribution >= 0.6 is 11.3 Å². The van der Waals surface area contributed by atoms with Gasteiger partial charge in [-0.3, -0.25) is 0 Å². The van der Waals surface area contributed by atoms with E-state index in [1.165, 1.54) is 10.4 Å². The Kier molecular flexibility index (Phi) is 2.92. The van der Waals surface area contributed by atoms with E-state index in [-0.39, 0.29) is 11.2 Å². The van der Waals surface area contributed by atoms with Gasteiger partial charge in [-0.1, -0.05) is 12.1 Å². The Labute approximate surface area is 123 Å². The molecular weight excluding hydrogens is 268 g/mol. The second-order valence-electron chi connectivity index (χ2n) is 6.33. The van der Waals surface area contributed by atoms with Gasteiger partial charge < -0.3 is 10.5 Å². The Hall–Kier alpha value is -1.39. The molecule has 0 saturated heterocycles. The fraction of sp³-hybridized carbons (Fsp3) is 0.438. The molecule has 1 aromatic heterocycles. The zero-order valence-electron chi connectivity index (χ0n) is 12.4. The molecule has 1 aliphatic heterocycles. The maximum Gasteiger partial charge on any atom is 0.107 e. The summed E-state index contributed by atoms with van der Waals surface area (Å²) in [6.07, 6.45) is 0.851. The first-order valence-electron chi connectivity index (χ1n) is 6.83. The van der Waals surface area contributed by atoms with Gasteiger partial charge in [0.25, 0.3) is 0 Å². The van der Waals surface area contributed by atoms with Gasteiger partial charge >= 0.3 is 0 Å². The number of ether oxygens (including phenoxy) is 1. The lowest BCUT2D eigenvalue weighted by Crippen LogP contribution is -2.23. The van der Waals surface area contributed by atoms with Crippen molar-refractivity contribution in [1.82, 2.24) is 4.98 Å². The van der Waals surface area contributed by atoms with Crippen LogP contribution in [0.3, 0.4) is 0 Å². The summed E-state index contributed by atoms with van der Waals surface area (Å²) in [4.78, 5) is 6.08. The molecule has 0 bridgehead atoms. The van der Waals surface area contributed by atoms with E-state index in [1.54, 1.807) is 11.3 Å². The average molecular weight is 288 g/mol. The molecule has 2 aromatic rings. The van der Waals surface area contributed by atoms with Crippen LogP contribution in [-0.4, -0.2) is 4.98 Å². The molecule has 0 atom stereocenters. The SMILES string of the molecule is CC1(C)OC(C)(C)c2sc(Cc3ccc(N)cc3)nc21. The highest BCUT2D eigenvalue weighted by molar-refractivity contribution is 7.12. The molecule has 4 heteroatoms. The van der Waals surface area contributed by atoms with Crippen molar-refractivity contribution in [3.05, 3.63) is 45.4 Å². The van der Waals surface area contributed by atoms with E-state index in [0.29, 0.717) is 0 Å². The van der Waals surface area contributed by atoms with E-state index < -0.39 is 0 Å². The Bertz CT molecular complexity index is 609. The molecule has 0 radical (unpaired) electrons. The summed E-state index contributed by atoms with van der Waals surface area (Å²) in [6, 6.07) is 8.00. The Balaban J connectivity index is 1.93. The van der Waals surface area contributed by atoms with Gasteiger partial charge in [0.15, 0.2) is 0 Å². The molecule has 1 aliphatic rings. The van der Waals surface area contributed by atoms with Gasteiger partial charge in [-0.25, -0.2) is 4.98 Å². The first-order chi connectivity index (χ1) is 9.28. The molecule has 1 aromatic carbocycles. The molecule has 0 amide bonds. The molecule has 0 unspecified atom stereocenters. The number of anilines is 1. The number of nitrogens with two attached hydrogens (primary N) is 1. The molecule has 20 heavy (non-hydrogen) atoms. The van der Waals surface area contributed by atoms with Gasteiger partial charge in [-0.05, 0) is 45.4 Å². The number of nitrogen functional groups attached to an aromatic ring is 1. The van der Waals surface area contributed by atoms with Crippen molar-refractivity contribution in [2.75, 3.05) is 5.73 Å². The lowest BCUT2D eigenvalue weighted by Gasteiger charge is -2.24. The van der Waals surface area contributed by atoms with E-state index in [9.17, 15) is 0 Å². The van der Waals surface area contributed by atoms with Crippen molar-refractivity contribution < 1.29 is 4.74 Å². The lowest BCUT2D eigenvalue weighted by atomic mass is 10.0. The van der Waals surface area contributed by atoms with Gasteiger partial charge in [0.2, 0.25) is 0 Å². The Morgan fingerprint density at radius 3 is 2.35 bits per heavy atom. The van der Waals surface area contributed by atoms with Crippen LogP contribution in [0.2, 0.25) is 0 Å². The summed E-state index contributed by atoms with van der Waals surface area (Å²) >= 11 is 1.76. The van der Waals surface area contributed by atoms with E-state index >= 15 is 0 Å². The number of nitrogens with zero attached hydrogens (tertiary/aromatic N) is 1. The lowest BCUT2D eigenvalue weighted by molar-refractivity contribution is -0.105. The van der Waals surface area contributed by atoms with Gasteiger partial charge in [0.05, 0.1) is 21.2 Å². The zero-order valence-corrected chi connectivity index (χ0v) is 13.2. The summed E-state index contributed by atoms with van der Waals surface area (Å²) in [5, 5.41) is 1.14. The standard InChI is InChI=1S/C16H20N2OS/c1-15(2)13-14(16(3,4)19-15)20-12(18-13)9-10-5-7-11(17)8-6-10/h5-8H,9,17H2,1-4H3. The summed E-state index contributed by atoms with van der Waals surface area (Å²) in [5.41, 5.74) is 8.31. The van der Waals surface area contributed by atoms with Crippen molar-refractivity contribution in [3.8, 4) is 0 Å². The van der Waals surface area contributed by atoms with Gasteiger partial charge in [-0.2, -0.15) is 0 Å². The number of thiazole rings is 1. The summed E-state index contributed by atoms with van der Waals surface area (Å²) < 4.78 is 6.10. The fourth-order valence-electron chi connectivity index (χ4n) is 2.80. The maximum absolute atomic E-state index is 6.10. The molecule has 0 saturated carbocycles. The summed E-state index contributed by atoms with van der Waals surface area (Å²) in [5.74, 6) is 0. The Morgan fingerprint density at radius 1 is 1.10 bits per heavy atom. The predicted octanol–water partition coefficient (Wildman–Crippen LogP) is 3.82. The number of hydrogen-bond acceptors (Lipinski definition) is 4.